The summed E-state index contributed by atoms with van der Waals surface area (Å²) in [5.74, 6) is 1.54. The second kappa shape index (κ2) is 7.08. The van der Waals surface area contributed by atoms with Gasteiger partial charge in [-0.3, -0.25) is 4.90 Å². The van der Waals surface area contributed by atoms with Gasteiger partial charge < -0.3 is 9.47 Å². The zero-order valence-electron chi connectivity index (χ0n) is 14.1. The van der Waals surface area contributed by atoms with Gasteiger partial charge in [-0.05, 0) is 42.0 Å². The van der Waals surface area contributed by atoms with Crippen molar-refractivity contribution < 1.29 is 17.9 Å². The lowest BCUT2D eigenvalue weighted by Gasteiger charge is -2.34. The molecule has 4 rings (SSSR count). The van der Waals surface area contributed by atoms with Crippen molar-refractivity contribution in [2.75, 3.05) is 33.0 Å². The number of piperazine rings is 1. The zero-order chi connectivity index (χ0) is 18.1. The Kier molecular flexibility index (Phi) is 4.79. The van der Waals surface area contributed by atoms with Crippen LogP contribution < -0.4 is 9.47 Å². The molecular formula is C18H19ClN2O4S. The summed E-state index contributed by atoms with van der Waals surface area (Å²) in [6.45, 7) is 3.32. The summed E-state index contributed by atoms with van der Waals surface area (Å²) in [6, 6.07) is 12.2. The van der Waals surface area contributed by atoms with Gasteiger partial charge in [0, 0.05) is 37.7 Å². The molecule has 1 fully saturated rings. The largest absolute Gasteiger partial charge is 0.454 e. The van der Waals surface area contributed by atoms with Crippen molar-refractivity contribution in [2.45, 2.75) is 11.4 Å². The third kappa shape index (κ3) is 3.53. The molecule has 0 N–H and O–H groups in total. The number of rotatable bonds is 4. The molecule has 0 aliphatic carbocycles. The fraction of sp³-hybridized carbons (Fsp3) is 0.333. The van der Waals surface area contributed by atoms with Crippen LogP contribution in [0.25, 0.3) is 0 Å². The first-order valence-corrected chi connectivity index (χ1v) is 10.2. The summed E-state index contributed by atoms with van der Waals surface area (Å²) < 4.78 is 37.7. The summed E-state index contributed by atoms with van der Waals surface area (Å²) >= 11 is 5.85. The first kappa shape index (κ1) is 17.6. The van der Waals surface area contributed by atoms with Crippen molar-refractivity contribution in [1.29, 1.82) is 0 Å². The summed E-state index contributed by atoms with van der Waals surface area (Å²) in [4.78, 5) is 2.52. The zero-order valence-corrected chi connectivity index (χ0v) is 15.7. The van der Waals surface area contributed by atoms with E-state index in [9.17, 15) is 8.42 Å². The van der Waals surface area contributed by atoms with Crippen LogP contribution in [-0.2, 0) is 16.6 Å². The van der Waals surface area contributed by atoms with E-state index in [0.29, 0.717) is 31.2 Å². The SMILES string of the molecule is O=S(=O)(c1ccc(Cl)cc1)N1CCN(Cc2ccc3c(c2)OCO3)CC1. The van der Waals surface area contributed by atoms with E-state index >= 15 is 0 Å². The monoisotopic (exact) mass is 394 g/mol. The highest BCUT2D eigenvalue weighted by atomic mass is 35.5. The van der Waals surface area contributed by atoms with Gasteiger partial charge in [0.25, 0.3) is 0 Å². The molecule has 2 heterocycles. The molecule has 2 aliphatic heterocycles. The topological polar surface area (TPSA) is 59.1 Å². The maximum Gasteiger partial charge on any atom is 0.243 e. The molecule has 2 aromatic carbocycles. The Morgan fingerprint density at radius 2 is 1.62 bits per heavy atom. The van der Waals surface area contributed by atoms with E-state index in [1.807, 2.05) is 18.2 Å². The Bertz CT molecular complexity index is 894. The van der Waals surface area contributed by atoms with Crippen molar-refractivity contribution in [3.05, 3.63) is 53.1 Å². The highest BCUT2D eigenvalue weighted by Gasteiger charge is 2.28. The van der Waals surface area contributed by atoms with Gasteiger partial charge in [0.2, 0.25) is 16.8 Å². The molecule has 0 saturated carbocycles. The molecule has 8 heteroatoms. The average molecular weight is 395 g/mol. The average Bonchev–Trinajstić information content (AvgIpc) is 3.10. The predicted octanol–water partition coefficient (Wildman–Crippen LogP) is 2.58. The number of sulfonamides is 1. The standard InChI is InChI=1S/C18H19ClN2O4S/c19-15-2-4-16(5-3-15)26(22,23)21-9-7-20(8-10-21)12-14-1-6-17-18(11-14)25-13-24-17/h1-6,11H,7-10,12-13H2. The third-order valence-corrected chi connectivity index (χ3v) is 6.79. The normalized spacial score (nSPS) is 18.2. The van der Waals surface area contributed by atoms with E-state index in [4.69, 9.17) is 21.1 Å². The van der Waals surface area contributed by atoms with Gasteiger partial charge in [-0.15, -0.1) is 0 Å². The first-order chi connectivity index (χ1) is 12.5. The molecule has 0 bridgehead atoms. The van der Waals surface area contributed by atoms with Crippen LogP contribution in [0.1, 0.15) is 5.56 Å². The van der Waals surface area contributed by atoms with Crippen LogP contribution in [-0.4, -0.2) is 50.6 Å². The first-order valence-electron chi connectivity index (χ1n) is 8.39. The molecule has 0 atom stereocenters. The Balaban J connectivity index is 1.38. The number of fused-ring (bicyclic) bond motifs is 1. The minimum Gasteiger partial charge on any atom is -0.454 e. The number of hydrogen-bond donors (Lipinski definition) is 0. The lowest BCUT2D eigenvalue weighted by molar-refractivity contribution is 0.173. The van der Waals surface area contributed by atoms with Gasteiger partial charge in [0.05, 0.1) is 4.90 Å². The van der Waals surface area contributed by atoms with Crippen LogP contribution >= 0.6 is 11.6 Å². The second-order valence-corrected chi connectivity index (χ2v) is 8.70. The molecule has 2 aromatic rings. The van der Waals surface area contributed by atoms with Crippen molar-refractivity contribution >= 4 is 21.6 Å². The van der Waals surface area contributed by atoms with Crippen LogP contribution in [0.3, 0.4) is 0 Å². The molecule has 6 nitrogen and oxygen atoms in total. The van der Waals surface area contributed by atoms with Crippen LogP contribution in [0.15, 0.2) is 47.4 Å². The highest BCUT2D eigenvalue weighted by Crippen LogP contribution is 2.33. The second-order valence-electron chi connectivity index (χ2n) is 6.32. The Morgan fingerprint density at radius 1 is 0.923 bits per heavy atom. The van der Waals surface area contributed by atoms with Gasteiger partial charge in [-0.1, -0.05) is 17.7 Å². The Labute approximate surface area is 157 Å². The minimum absolute atomic E-state index is 0.264. The molecule has 138 valence electrons. The summed E-state index contributed by atoms with van der Waals surface area (Å²) in [5, 5.41) is 0.525. The van der Waals surface area contributed by atoms with Gasteiger partial charge in [0.1, 0.15) is 0 Å². The van der Waals surface area contributed by atoms with Gasteiger partial charge in [-0.25, -0.2) is 8.42 Å². The Hall–Kier alpha value is -1.80. The van der Waals surface area contributed by atoms with Gasteiger partial charge in [-0.2, -0.15) is 4.31 Å². The fourth-order valence-corrected chi connectivity index (χ4v) is 4.73. The summed E-state index contributed by atoms with van der Waals surface area (Å²) in [7, 11) is -3.47. The fourth-order valence-electron chi connectivity index (χ4n) is 3.18. The van der Waals surface area contributed by atoms with E-state index in [1.165, 1.54) is 4.31 Å². The van der Waals surface area contributed by atoms with Crippen molar-refractivity contribution in [2.24, 2.45) is 0 Å². The van der Waals surface area contributed by atoms with Crippen LogP contribution in [0, 0.1) is 0 Å². The summed E-state index contributed by atoms with van der Waals surface area (Å²) in [6.07, 6.45) is 0. The maximum absolute atomic E-state index is 12.7. The van der Waals surface area contributed by atoms with Crippen molar-refractivity contribution in [3.63, 3.8) is 0 Å². The van der Waals surface area contributed by atoms with Crippen molar-refractivity contribution in [1.82, 2.24) is 9.21 Å². The van der Waals surface area contributed by atoms with Gasteiger partial charge >= 0.3 is 0 Å². The number of ether oxygens (including phenoxy) is 2. The third-order valence-electron chi connectivity index (χ3n) is 4.63. The molecule has 2 aliphatic rings. The Morgan fingerprint density at radius 3 is 2.35 bits per heavy atom. The molecule has 0 amide bonds. The molecule has 0 radical (unpaired) electrons. The molecule has 0 aromatic heterocycles. The van der Waals surface area contributed by atoms with E-state index in [1.54, 1.807) is 24.3 Å². The molecule has 1 saturated heterocycles. The lowest BCUT2D eigenvalue weighted by atomic mass is 10.2. The summed E-state index contributed by atoms with van der Waals surface area (Å²) in [5.41, 5.74) is 1.13. The number of benzene rings is 2. The highest BCUT2D eigenvalue weighted by molar-refractivity contribution is 7.89. The van der Waals surface area contributed by atoms with Crippen LogP contribution in [0.2, 0.25) is 5.02 Å². The van der Waals surface area contributed by atoms with Gasteiger partial charge in [0.15, 0.2) is 11.5 Å². The molecular weight excluding hydrogens is 376 g/mol. The van der Waals surface area contributed by atoms with Crippen molar-refractivity contribution in [3.8, 4) is 11.5 Å². The molecule has 0 spiro atoms. The predicted molar refractivity (Wildman–Crippen MR) is 98.1 cm³/mol. The van der Waals surface area contributed by atoms with E-state index in [2.05, 4.69) is 4.90 Å². The number of hydrogen-bond acceptors (Lipinski definition) is 5. The smallest absolute Gasteiger partial charge is 0.243 e. The molecule has 26 heavy (non-hydrogen) atoms. The van der Waals surface area contributed by atoms with Crippen LogP contribution in [0.4, 0.5) is 0 Å². The maximum atomic E-state index is 12.7. The number of nitrogens with zero attached hydrogens (tertiary/aromatic N) is 2. The van der Waals surface area contributed by atoms with E-state index < -0.39 is 10.0 Å². The van der Waals surface area contributed by atoms with Crippen LogP contribution in [0.5, 0.6) is 11.5 Å². The number of halogens is 1. The molecule has 0 unspecified atom stereocenters. The van der Waals surface area contributed by atoms with E-state index in [-0.39, 0.29) is 11.7 Å². The minimum atomic E-state index is -3.47. The van der Waals surface area contributed by atoms with E-state index in [0.717, 1.165) is 23.6 Å². The lowest BCUT2D eigenvalue weighted by Crippen LogP contribution is -2.48. The quantitative estimate of drug-likeness (QED) is 0.797.